The van der Waals surface area contributed by atoms with Gasteiger partial charge >= 0.3 is 0 Å². The number of nitrogens with zero attached hydrogens (tertiary/aromatic N) is 2. The fourth-order valence-electron chi connectivity index (χ4n) is 13.1. The van der Waals surface area contributed by atoms with Gasteiger partial charge in [-0.3, -0.25) is 0 Å². The summed E-state index contributed by atoms with van der Waals surface area (Å²) >= 11 is 0. The lowest BCUT2D eigenvalue weighted by Gasteiger charge is -2.32. The molecule has 342 valence electrons. The Morgan fingerprint density at radius 3 is 0.770 bits per heavy atom. The van der Waals surface area contributed by atoms with Crippen LogP contribution in [-0.2, 0) is 0 Å². The van der Waals surface area contributed by atoms with E-state index in [1.165, 1.54) is 120 Å². The summed E-state index contributed by atoms with van der Waals surface area (Å²) in [6.07, 6.45) is 0. The van der Waals surface area contributed by atoms with Gasteiger partial charge in [-0.05, 0) is 124 Å². The maximum Gasteiger partial charge on any atom is 0.0619 e. The van der Waals surface area contributed by atoms with E-state index < -0.39 is 0 Å². The zero-order valence-corrected chi connectivity index (χ0v) is 40.3. The molecule has 74 heavy (non-hydrogen) atoms. The van der Waals surface area contributed by atoms with Crippen molar-refractivity contribution in [2.75, 3.05) is 9.80 Å². The fraction of sp³-hybridized carbons (Fsp3) is 0. The largest absolute Gasteiger partial charge is 0.309 e. The molecular formula is C72H44N2. The van der Waals surface area contributed by atoms with Gasteiger partial charge in [-0.15, -0.1) is 0 Å². The highest BCUT2D eigenvalue weighted by Gasteiger charge is 2.31. The van der Waals surface area contributed by atoms with Crippen molar-refractivity contribution in [3.8, 4) is 55.6 Å². The van der Waals surface area contributed by atoms with E-state index in [4.69, 9.17) is 0 Å². The number of benzene rings is 14. The summed E-state index contributed by atoms with van der Waals surface area (Å²) in [5.41, 5.74) is 19.7. The van der Waals surface area contributed by atoms with Crippen LogP contribution >= 0.6 is 0 Å². The Labute approximate surface area is 428 Å². The Hall–Kier alpha value is -9.76. The smallest absolute Gasteiger partial charge is 0.0619 e. The Kier molecular flexibility index (Phi) is 8.78. The normalized spacial score (nSPS) is 12.1. The quantitative estimate of drug-likeness (QED) is 0.147. The topological polar surface area (TPSA) is 6.48 Å². The van der Waals surface area contributed by atoms with Crippen molar-refractivity contribution in [2.45, 2.75) is 0 Å². The molecule has 0 unspecified atom stereocenters. The molecule has 2 aliphatic carbocycles. The number of hydrogen-bond donors (Lipinski definition) is 0. The van der Waals surface area contributed by atoms with Gasteiger partial charge in [-0.1, -0.05) is 231 Å². The summed E-state index contributed by atoms with van der Waals surface area (Å²) < 4.78 is 0. The van der Waals surface area contributed by atoms with Crippen molar-refractivity contribution in [3.05, 3.63) is 267 Å². The summed E-state index contributed by atoms with van der Waals surface area (Å²) in [5, 5.41) is 14.7. The Morgan fingerprint density at radius 2 is 0.432 bits per heavy atom. The highest BCUT2D eigenvalue weighted by Crippen LogP contribution is 2.57. The average Bonchev–Trinajstić information content (AvgIpc) is 4.04. The second-order valence-corrected chi connectivity index (χ2v) is 19.8. The van der Waals surface area contributed by atoms with E-state index in [-0.39, 0.29) is 0 Å². The third-order valence-electron chi connectivity index (χ3n) is 16.1. The zero-order valence-electron chi connectivity index (χ0n) is 40.3. The van der Waals surface area contributed by atoms with E-state index in [2.05, 4.69) is 277 Å². The van der Waals surface area contributed by atoms with Crippen LogP contribution in [0.4, 0.5) is 34.1 Å². The van der Waals surface area contributed by atoms with E-state index in [1.54, 1.807) is 0 Å². The van der Waals surface area contributed by atoms with E-state index in [0.29, 0.717) is 0 Å². The second-order valence-electron chi connectivity index (χ2n) is 19.8. The van der Waals surface area contributed by atoms with Gasteiger partial charge in [0.2, 0.25) is 0 Å². The molecule has 0 radical (unpaired) electrons. The SMILES string of the molecule is c1ccc(N(c2c3ccccc3c(-c3c4ccccc4c(N(c4ccccc4)c4ccc5c6c(cccc46)-c4ccccc4-5)c4ccccc34)c3ccccc23)c2ccc3c4c(cccc24)-c2ccccc2-3)cc1. The standard InChI is InChI=1S/C72H44N2/c1-3-21-45(22-4-1)73(65-43-41-57-49-27-9-7-25-47(49)51-37-19-39-63(65)67(51)57)71-59-33-15-11-29-53(59)69(54-30-12-16-34-60(54)71)70-55-31-13-17-35-61(55)72(62-36-18-14-32-56(62)70)74(46-23-5-2-6-24-46)66-44-42-58-50-28-10-8-26-48(50)52-38-20-40-64(66)68(52)58/h1-44H. The molecule has 0 fully saturated rings. The van der Waals surface area contributed by atoms with Gasteiger partial charge in [-0.25, -0.2) is 0 Å². The molecular weight excluding hydrogens is 893 g/mol. The molecule has 2 nitrogen and oxygen atoms in total. The predicted molar refractivity (Wildman–Crippen MR) is 315 cm³/mol. The molecule has 0 N–H and O–H groups in total. The van der Waals surface area contributed by atoms with E-state index in [9.17, 15) is 0 Å². The molecule has 0 atom stereocenters. The van der Waals surface area contributed by atoms with Gasteiger partial charge in [0, 0.05) is 43.7 Å². The minimum Gasteiger partial charge on any atom is -0.309 e. The van der Waals surface area contributed by atoms with E-state index >= 15 is 0 Å². The molecule has 16 rings (SSSR count). The molecule has 2 heteroatoms. The molecule has 0 heterocycles. The molecule has 0 bridgehead atoms. The molecule has 0 aliphatic heterocycles. The monoisotopic (exact) mass is 936 g/mol. The van der Waals surface area contributed by atoms with Crippen LogP contribution in [0.1, 0.15) is 0 Å². The van der Waals surface area contributed by atoms with Crippen LogP contribution in [-0.4, -0.2) is 0 Å². The van der Waals surface area contributed by atoms with Gasteiger partial charge in [0.1, 0.15) is 0 Å². The van der Waals surface area contributed by atoms with Crippen LogP contribution in [0.2, 0.25) is 0 Å². The molecule has 2 aliphatic rings. The number of fused-ring (bicyclic) bond motifs is 10. The van der Waals surface area contributed by atoms with Crippen molar-refractivity contribution in [1.29, 1.82) is 0 Å². The summed E-state index contributed by atoms with van der Waals surface area (Å²) in [4.78, 5) is 5.07. The van der Waals surface area contributed by atoms with Crippen LogP contribution in [0, 0.1) is 0 Å². The fourth-order valence-corrected chi connectivity index (χ4v) is 13.1. The van der Waals surface area contributed by atoms with Gasteiger partial charge in [0.05, 0.1) is 22.7 Å². The first kappa shape index (κ1) is 40.9. The van der Waals surface area contributed by atoms with Crippen LogP contribution < -0.4 is 9.80 Å². The van der Waals surface area contributed by atoms with Crippen molar-refractivity contribution < 1.29 is 0 Å². The molecule has 14 aromatic rings. The number of para-hydroxylation sites is 2. The predicted octanol–water partition coefficient (Wildman–Crippen LogP) is 20.5. The molecule has 0 spiro atoms. The number of rotatable bonds is 7. The first-order valence-electron chi connectivity index (χ1n) is 25.7. The van der Waals surface area contributed by atoms with Crippen LogP contribution in [0.25, 0.3) is 120 Å². The van der Waals surface area contributed by atoms with Crippen LogP contribution in [0.15, 0.2) is 267 Å². The minimum absolute atomic E-state index is 1.11. The van der Waals surface area contributed by atoms with Crippen molar-refractivity contribution in [3.63, 3.8) is 0 Å². The maximum absolute atomic E-state index is 2.54. The molecule has 14 aromatic carbocycles. The van der Waals surface area contributed by atoms with E-state index in [1.807, 2.05) is 0 Å². The van der Waals surface area contributed by atoms with Gasteiger partial charge < -0.3 is 9.80 Å². The third-order valence-corrected chi connectivity index (χ3v) is 16.1. The maximum atomic E-state index is 2.54. The first-order chi connectivity index (χ1) is 36.8. The van der Waals surface area contributed by atoms with Gasteiger partial charge in [0.15, 0.2) is 0 Å². The lowest BCUT2D eigenvalue weighted by molar-refractivity contribution is 1.33. The van der Waals surface area contributed by atoms with Gasteiger partial charge in [-0.2, -0.15) is 0 Å². The lowest BCUT2D eigenvalue weighted by Crippen LogP contribution is -2.13. The molecule has 0 saturated heterocycles. The Morgan fingerprint density at radius 1 is 0.176 bits per heavy atom. The third kappa shape index (κ3) is 5.71. The minimum atomic E-state index is 1.11. The summed E-state index contributed by atoms with van der Waals surface area (Å²) in [5.74, 6) is 0. The van der Waals surface area contributed by atoms with E-state index in [0.717, 1.165) is 34.1 Å². The summed E-state index contributed by atoms with van der Waals surface area (Å²) in [6, 6.07) is 99.3. The first-order valence-corrected chi connectivity index (χ1v) is 25.7. The molecule has 0 aromatic heterocycles. The number of hydrogen-bond acceptors (Lipinski definition) is 2. The summed E-state index contributed by atoms with van der Waals surface area (Å²) in [6.45, 7) is 0. The average molecular weight is 937 g/mol. The van der Waals surface area contributed by atoms with Crippen LogP contribution in [0.3, 0.4) is 0 Å². The zero-order chi connectivity index (χ0) is 48.4. The lowest BCUT2D eigenvalue weighted by atomic mass is 9.84. The van der Waals surface area contributed by atoms with Crippen molar-refractivity contribution in [1.82, 2.24) is 0 Å². The summed E-state index contributed by atoms with van der Waals surface area (Å²) in [7, 11) is 0. The molecule has 0 amide bonds. The van der Waals surface area contributed by atoms with Crippen LogP contribution in [0.5, 0.6) is 0 Å². The highest BCUT2D eigenvalue weighted by atomic mass is 15.2. The Bertz CT molecular complexity index is 4200. The van der Waals surface area contributed by atoms with Gasteiger partial charge in [0.25, 0.3) is 0 Å². The number of anilines is 6. The second kappa shape index (κ2) is 15.9. The van der Waals surface area contributed by atoms with Crippen molar-refractivity contribution >= 4 is 98.8 Å². The highest BCUT2D eigenvalue weighted by molar-refractivity contribution is 6.32. The molecule has 0 saturated carbocycles. The van der Waals surface area contributed by atoms with Crippen molar-refractivity contribution in [2.24, 2.45) is 0 Å². The Balaban J connectivity index is 0.992.